The smallest absolute Gasteiger partial charge is 0.0208 e. The Labute approximate surface area is 309 Å². The van der Waals surface area contributed by atoms with Gasteiger partial charge in [0.2, 0.25) is 0 Å². The highest BCUT2D eigenvalue weighted by molar-refractivity contribution is 8.00. The van der Waals surface area contributed by atoms with E-state index in [1.54, 1.807) is 0 Å². The summed E-state index contributed by atoms with van der Waals surface area (Å²) in [6.07, 6.45) is 0. The average Bonchev–Trinajstić information content (AvgIpc) is 3.04. The van der Waals surface area contributed by atoms with Crippen molar-refractivity contribution in [1.82, 2.24) is 0 Å². The van der Waals surface area contributed by atoms with Crippen molar-refractivity contribution in [2.45, 2.75) is 127 Å². The normalized spacial score (nSPS) is 14.0. The lowest BCUT2D eigenvalue weighted by molar-refractivity contribution is 0.589. The Morgan fingerprint density at radius 1 is 0.380 bits per heavy atom. The summed E-state index contributed by atoms with van der Waals surface area (Å²) in [7, 11) is 0. The Balaban J connectivity index is 1.69. The van der Waals surface area contributed by atoms with Crippen molar-refractivity contribution in [2.24, 2.45) is 0 Å². The van der Waals surface area contributed by atoms with E-state index < -0.39 is 0 Å². The standard InChI is InChI=1S/C48H52S2/c1-25-19-26(2)30(6)43(29(25)5)45-35-21-33(47(9,10)11)15-17-39(35)49-41-24-38-42(23-37(41)45)50-40-18-16-34(48(12,13)14)22-36(40)46(38)44-31(7)27(3)20-28(4)32(44)8/h15-24H,1-14H3. The molecule has 2 heteroatoms. The van der Waals surface area contributed by atoms with E-state index in [0.29, 0.717) is 0 Å². The first-order valence-corrected chi connectivity index (χ1v) is 19.7. The predicted molar refractivity (Wildman–Crippen MR) is 218 cm³/mol. The molecular weight excluding hydrogens is 641 g/mol. The molecule has 0 N–H and O–H groups in total. The molecule has 0 radical (unpaired) electrons. The van der Waals surface area contributed by atoms with E-state index in [2.05, 4.69) is 158 Å². The fourth-order valence-electron chi connectivity index (χ4n) is 7.93. The SMILES string of the molecule is Cc1cc(C)c(C)c(C2=c3cc4c(cc3Sc3ccc(C(C)(C)C)cc32)=C(c2c(C)c(C)cc(C)c2C)c2cc(C(C)(C)C)ccc2S4)c1C. The molecule has 0 bridgehead atoms. The number of hydrogen-bond acceptors (Lipinski definition) is 2. The van der Waals surface area contributed by atoms with Gasteiger partial charge in [0, 0.05) is 19.6 Å². The molecule has 2 aliphatic heterocycles. The zero-order chi connectivity index (χ0) is 36.2. The van der Waals surface area contributed by atoms with E-state index in [4.69, 9.17) is 0 Å². The zero-order valence-corrected chi connectivity index (χ0v) is 34.2. The maximum absolute atomic E-state index is 2.55. The molecule has 0 saturated heterocycles. The summed E-state index contributed by atoms with van der Waals surface area (Å²) in [4.78, 5) is 5.39. The van der Waals surface area contributed by atoms with Crippen molar-refractivity contribution >= 4 is 34.7 Å². The lowest BCUT2D eigenvalue weighted by Gasteiger charge is -2.29. The van der Waals surface area contributed by atoms with Gasteiger partial charge in [0.1, 0.15) is 0 Å². The molecule has 0 unspecified atom stereocenters. The van der Waals surface area contributed by atoms with E-state index in [1.807, 2.05) is 23.5 Å². The van der Waals surface area contributed by atoms with Gasteiger partial charge in [-0.05, 0) is 202 Å². The molecule has 2 heterocycles. The Morgan fingerprint density at radius 3 is 1.00 bits per heavy atom. The number of rotatable bonds is 2. The second kappa shape index (κ2) is 12.1. The van der Waals surface area contributed by atoms with Crippen LogP contribution in [-0.2, 0) is 10.8 Å². The zero-order valence-electron chi connectivity index (χ0n) is 32.6. The van der Waals surface area contributed by atoms with Gasteiger partial charge in [-0.15, -0.1) is 0 Å². The van der Waals surface area contributed by atoms with Crippen LogP contribution in [0, 0.1) is 55.4 Å². The minimum absolute atomic E-state index is 0.0601. The van der Waals surface area contributed by atoms with Gasteiger partial charge >= 0.3 is 0 Å². The maximum atomic E-state index is 2.55. The quantitative estimate of drug-likeness (QED) is 0.177. The molecule has 5 aromatic carbocycles. The van der Waals surface area contributed by atoms with Gasteiger partial charge in [-0.3, -0.25) is 0 Å². The van der Waals surface area contributed by atoms with E-state index in [0.717, 1.165) is 0 Å². The molecule has 0 spiro atoms. The molecule has 50 heavy (non-hydrogen) atoms. The molecule has 7 rings (SSSR count). The van der Waals surface area contributed by atoms with Crippen molar-refractivity contribution in [2.75, 3.05) is 0 Å². The molecule has 0 aliphatic carbocycles. The largest absolute Gasteiger partial charge is 0.0888 e. The molecule has 0 aromatic heterocycles. The summed E-state index contributed by atoms with van der Waals surface area (Å²) in [5.74, 6) is 0. The van der Waals surface area contributed by atoms with Crippen LogP contribution in [0.2, 0.25) is 0 Å². The minimum Gasteiger partial charge on any atom is -0.0888 e. The molecule has 0 atom stereocenters. The first-order valence-electron chi connectivity index (χ1n) is 18.1. The van der Waals surface area contributed by atoms with Crippen LogP contribution in [0.3, 0.4) is 0 Å². The lowest BCUT2D eigenvalue weighted by Crippen LogP contribution is -2.26. The third-order valence-electron chi connectivity index (χ3n) is 11.5. The summed E-state index contributed by atoms with van der Waals surface area (Å²) in [5.41, 5.74) is 22.1. The second-order valence-corrected chi connectivity index (χ2v) is 19.2. The monoisotopic (exact) mass is 692 g/mol. The van der Waals surface area contributed by atoms with E-state index in [-0.39, 0.29) is 10.8 Å². The molecule has 0 fully saturated rings. The van der Waals surface area contributed by atoms with Crippen LogP contribution in [0.4, 0.5) is 0 Å². The Morgan fingerprint density at radius 2 is 0.700 bits per heavy atom. The fourth-order valence-corrected chi connectivity index (χ4v) is 10.1. The highest BCUT2D eigenvalue weighted by Gasteiger charge is 2.29. The van der Waals surface area contributed by atoms with Crippen molar-refractivity contribution < 1.29 is 0 Å². The number of aryl methyl sites for hydroxylation is 4. The van der Waals surface area contributed by atoms with Gasteiger partial charge in [0.25, 0.3) is 0 Å². The van der Waals surface area contributed by atoms with E-state index in [1.165, 1.54) is 119 Å². The number of fused-ring (bicyclic) bond motifs is 4. The van der Waals surface area contributed by atoms with Crippen LogP contribution in [0.15, 0.2) is 80.2 Å². The Kier molecular flexibility index (Phi) is 8.44. The van der Waals surface area contributed by atoms with Crippen LogP contribution in [0.25, 0.3) is 11.1 Å². The van der Waals surface area contributed by atoms with Crippen LogP contribution >= 0.6 is 23.5 Å². The predicted octanol–water partition coefficient (Wildman–Crippen LogP) is 12.2. The first kappa shape index (κ1) is 35.0. The summed E-state index contributed by atoms with van der Waals surface area (Å²) in [6.45, 7) is 32.4. The highest BCUT2D eigenvalue weighted by atomic mass is 32.2. The lowest BCUT2D eigenvalue weighted by atomic mass is 9.81. The molecule has 0 saturated carbocycles. The van der Waals surface area contributed by atoms with Gasteiger partial charge in [0.15, 0.2) is 0 Å². The Hall–Kier alpha value is -3.46. The molecular formula is C48H52S2. The van der Waals surface area contributed by atoms with Gasteiger partial charge in [-0.25, -0.2) is 0 Å². The van der Waals surface area contributed by atoms with Crippen LogP contribution < -0.4 is 10.4 Å². The van der Waals surface area contributed by atoms with Crippen molar-refractivity contribution in [3.63, 3.8) is 0 Å². The van der Waals surface area contributed by atoms with Crippen LogP contribution in [0.1, 0.15) is 119 Å². The molecule has 0 nitrogen and oxygen atoms in total. The highest BCUT2D eigenvalue weighted by Crippen LogP contribution is 2.46. The third-order valence-corrected chi connectivity index (χ3v) is 13.8. The number of hydrogen-bond donors (Lipinski definition) is 0. The molecule has 256 valence electrons. The Bertz CT molecular complexity index is 2180. The molecule has 5 aromatic rings. The average molecular weight is 693 g/mol. The second-order valence-electron chi connectivity index (χ2n) is 17.0. The summed E-state index contributed by atoms with van der Waals surface area (Å²) >= 11 is 3.90. The fraction of sp³-hybridized carbons (Fsp3) is 0.333. The summed E-state index contributed by atoms with van der Waals surface area (Å²) in [6, 6.07) is 24.3. The number of benzene rings is 5. The first-order chi connectivity index (χ1) is 23.4. The van der Waals surface area contributed by atoms with Gasteiger partial charge in [0.05, 0.1) is 0 Å². The van der Waals surface area contributed by atoms with E-state index >= 15 is 0 Å². The van der Waals surface area contributed by atoms with Crippen molar-refractivity contribution in [3.8, 4) is 0 Å². The van der Waals surface area contributed by atoms with Gasteiger partial charge < -0.3 is 0 Å². The van der Waals surface area contributed by atoms with Crippen LogP contribution in [0.5, 0.6) is 0 Å². The molecule has 0 amide bonds. The van der Waals surface area contributed by atoms with Gasteiger partial charge in [-0.1, -0.05) is 89.3 Å². The van der Waals surface area contributed by atoms with Crippen molar-refractivity contribution in [3.05, 3.63) is 149 Å². The summed E-state index contributed by atoms with van der Waals surface area (Å²) in [5, 5.41) is 2.72. The van der Waals surface area contributed by atoms with Crippen LogP contribution in [-0.4, -0.2) is 0 Å². The van der Waals surface area contributed by atoms with Crippen molar-refractivity contribution in [1.29, 1.82) is 0 Å². The summed E-state index contributed by atoms with van der Waals surface area (Å²) < 4.78 is 0. The van der Waals surface area contributed by atoms with E-state index in [9.17, 15) is 0 Å². The topological polar surface area (TPSA) is 0 Å². The van der Waals surface area contributed by atoms with Gasteiger partial charge in [-0.2, -0.15) is 0 Å². The third kappa shape index (κ3) is 5.62. The minimum atomic E-state index is 0.0601. The maximum Gasteiger partial charge on any atom is 0.0208 e. The molecule has 2 aliphatic rings.